The standard InChI is InChI=1S/C14H27F3N4.HI/c1-11-5-4-6-12(9-11)20-13(18-2)19-7-8-21(3)10-14(15,16)17;/h11-12H,4-10H2,1-3H3,(H2,18,19,20);1H. The molecule has 2 unspecified atom stereocenters. The van der Waals surface area contributed by atoms with Gasteiger partial charge < -0.3 is 10.6 Å². The summed E-state index contributed by atoms with van der Waals surface area (Å²) in [4.78, 5) is 5.39. The Morgan fingerprint density at radius 3 is 2.55 bits per heavy atom. The van der Waals surface area contributed by atoms with Gasteiger partial charge in [-0.3, -0.25) is 9.89 Å². The van der Waals surface area contributed by atoms with Crippen LogP contribution in [0.25, 0.3) is 0 Å². The molecule has 1 saturated carbocycles. The highest BCUT2D eigenvalue weighted by molar-refractivity contribution is 14.0. The first-order valence-corrected chi connectivity index (χ1v) is 7.52. The maximum Gasteiger partial charge on any atom is 0.401 e. The molecule has 1 rings (SSSR count). The maximum atomic E-state index is 12.2. The lowest BCUT2D eigenvalue weighted by Crippen LogP contribution is -2.47. The molecule has 0 saturated heterocycles. The minimum Gasteiger partial charge on any atom is -0.355 e. The molecule has 1 aliphatic rings. The first-order valence-electron chi connectivity index (χ1n) is 7.52. The third-order valence-electron chi connectivity index (χ3n) is 3.74. The average Bonchev–Trinajstić information content (AvgIpc) is 2.35. The van der Waals surface area contributed by atoms with Gasteiger partial charge in [-0.25, -0.2) is 0 Å². The van der Waals surface area contributed by atoms with Crippen LogP contribution in [0.5, 0.6) is 0 Å². The molecular formula is C14H28F3IN4. The smallest absolute Gasteiger partial charge is 0.355 e. The number of hydrogen-bond donors (Lipinski definition) is 2. The van der Waals surface area contributed by atoms with E-state index in [0.29, 0.717) is 31.0 Å². The number of hydrogen-bond acceptors (Lipinski definition) is 2. The molecule has 0 bridgehead atoms. The SMILES string of the molecule is CN=C(NCCN(C)CC(F)(F)F)NC1CCCC(C)C1.I. The van der Waals surface area contributed by atoms with Crippen molar-refractivity contribution in [1.82, 2.24) is 15.5 Å². The molecule has 2 N–H and O–H groups in total. The zero-order valence-electron chi connectivity index (χ0n) is 13.5. The van der Waals surface area contributed by atoms with Crippen molar-refractivity contribution in [3.8, 4) is 0 Å². The third-order valence-corrected chi connectivity index (χ3v) is 3.74. The van der Waals surface area contributed by atoms with Crippen molar-refractivity contribution in [1.29, 1.82) is 0 Å². The number of guanidine groups is 1. The summed E-state index contributed by atoms with van der Waals surface area (Å²) in [6.45, 7) is 2.12. The summed E-state index contributed by atoms with van der Waals surface area (Å²) >= 11 is 0. The van der Waals surface area contributed by atoms with Crippen LogP contribution in [0.1, 0.15) is 32.6 Å². The highest BCUT2D eigenvalue weighted by atomic mass is 127. The van der Waals surface area contributed by atoms with Gasteiger partial charge in [0.1, 0.15) is 0 Å². The molecule has 0 aromatic rings. The van der Waals surface area contributed by atoms with Crippen LogP contribution in [-0.2, 0) is 0 Å². The summed E-state index contributed by atoms with van der Waals surface area (Å²) in [6.07, 6.45) is 0.581. The Morgan fingerprint density at radius 2 is 2.00 bits per heavy atom. The average molecular weight is 436 g/mol. The van der Waals surface area contributed by atoms with E-state index >= 15 is 0 Å². The molecule has 0 aliphatic heterocycles. The van der Waals surface area contributed by atoms with Crippen LogP contribution in [0.15, 0.2) is 4.99 Å². The van der Waals surface area contributed by atoms with Crippen molar-refractivity contribution in [3.63, 3.8) is 0 Å². The van der Waals surface area contributed by atoms with E-state index in [1.807, 2.05) is 0 Å². The van der Waals surface area contributed by atoms with Crippen LogP contribution in [-0.4, -0.2) is 56.8 Å². The van der Waals surface area contributed by atoms with E-state index in [9.17, 15) is 13.2 Å². The van der Waals surface area contributed by atoms with Crippen LogP contribution in [0.2, 0.25) is 0 Å². The number of aliphatic imine (C=N–C) groups is 1. The van der Waals surface area contributed by atoms with Gasteiger partial charge in [-0.2, -0.15) is 13.2 Å². The number of likely N-dealkylation sites (N-methyl/N-ethyl adjacent to an activating group) is 1. The largest absolute Gasteiger partial charge is 0.401 e. The van der Waals surface area contributed by atoms with Crippen LogP contribution >= 0.6 is 24.0 Å². The Labute approximate surface area is 148 Å². The fraction of sp³-hybridized carbons (Fsp3) is 0.929. The van der Waals surface area contributed by atoms with Crippen LogP contribution in [0.4, 0.5) is 13.2 Å². The predicted molar refractivity (Wildman–Crippen MR) is 94.9 cm³/mol. The third kappa shape index (κ3) is 9.70. The van der Waals surface area contributed by atoms with Gasteiger partial charge in [-0.15, -0.1) is 24.0 Å². The minimum atomic E-state index is -4.15. The second-order valence-corrected chi connectivity index (χ2v) is 5.96. The Bertz CT molecular complexity index is 337. The summed E-state index contributed by atoms with van der Waals surface area (Å²) in [5.41, 5.74) is 0. The van der Waals surface area contributed by atoms with E-state index in [2.05, 4.69) is 22.5 Å². The maximum absolute atomic E-state index is 12.2. The van der Waals surface area contributed by atoms with Gasteiger partial charge in [0.2, 0.25) is 0 Å². The highest BCUT2D eigenvalue weighted by Crippen LogP contribution is 2.23. The molecule has 0 aromatic heterocycles. The fourth-order valence-electron chi connectivity index (χ4n) is 2.70. The Kier molecular flexibility index (Phi) is 10.4. The first kappa shape index (κ1) is 21.8. The van der Waals surface area contributed by atoms with Gasteiger partial charge in [0.15, 0.2) is 5.96 Å². The Balaban J connectivity index is 0.00000441. The molecule has 132 valence electrons. The van der Waals surface area contributed by atoms with Gasteiger partial charge in [-0.05, 0) is 25.8 Å². The fourth-order valence-corrected chi connectivity index (χ4v) is 2.70. The van der Waals surface area contributed by atoms with E-state index in [4.69, 9.17) is 0 Å². The first-order chi connectivity index (χ1) is 9.80. The number of alkyl halides is 3. The molecule has 1 fully saturated rings. The summed E-state index contributed by atoms with van der Waals surface area (Å²) in [7, 11) is 3.15. The van der Waals surface area contributed by atoms with Crippen molar-refractivity contribution < 1.29 is 13.2 Å². The van der Waals surface area contributed by atoms with Crippen molar-refractivity contribution in [2.75, 3.05) is 33.7 Å². The predicted octanol–water partition coefficient (Wildman–Crippen LogP) is 2.84. The van der Waals surface area contributed by atoms with Gasteiger partial charge in [-0.1, -0.05) is 19.8 Å². The van der Waals surface area contributed by atoms with Crippen LogP contribution in [0.3, 0.4) is 0 Å². The van der Waals surface area contributed by atoms with Crippen LogP contribution < -0.4 is 10.6 Å². The lowest BCUT2D eigenvalue weighted by atomic mass is 9.87. The normalized spacial score (nSPS) is 23.1. The summed E-state index contributed by atoms with van der Waals surface area (Å²) in [6, 6.07) is 0.410. The zero-order chi connectivity index (χ0) is 15.9. The van der Waals surface area contributed by atoms with Gasteiger partial charge in [0.25, 0.3) is 0 Å². The van der Waals surface area contributed by atoms with Crippen molar-refractivity contribution >= 4 is 29.9 Å². The molecule has 2 atom stereocenters. The van der Waals surface area contributed by atoms with E-state index in [0.717, 1.165) is 12.8 Å². The molecular weight excluding hydrogens is 408 g/mol. The molecule has 8 heteroatoms. The van der Waals surface area contributed by atoms with E-state index in [1.165, 1.54) is 24.8 Å². The number of rotatable bonds is 5. The molecule has 0 aromatic carbocycles. The van der Waals surface area contributed by atoms with Gasteiger partial charge >= 0.3 is 6.18 Å². The molecule has 0 radical (unpaired) electrons. The second-order valence-electron chi connectivity index (χ2n) is 5.96. The highest BCUT2D eigenvalue weighted by Gasteiger charge is 2.28. The van der Waals surface area contributed by atoms with Gasteiger partial charge in [0, 0.05) is 26.2 Å². The minimum absolute atomic E-state index is 0. The van der Waals surface area contributed by atoms with E-state index < -0.39 is 12.7 Å². The number of halogens is 4. The Morgan fingerprint density at radius 1 is 1.32 bits per heavy atom. The van der Waals surface area contributed by atoms with Crippen LogP contribution in [0, 0.1) is 5.92 Å². The number of nitrogens with one attached hydrogen (secondary N) is 2. The van der Waals surface area contributed by atoms with Crippen molar-refractivity contribution in [2.24, 2.45) is 10.9 Å². The molecule has 22 heavy (non-hydrogen) atoms. The summed E-state index contributed by atoms with van der Waals surface area (Å²) in [5, 5.41) is 6.43. The molecule has 0 spiro atoms. The molecule has 0 heterocycles. The molecule has 4 nitrogen and oxygen atoms in total. The summed E-state index contributed by atoms with van der Waals surface area (Å²) in [5.74, 6) is 1.39. The molecule has 1 aliphatic carbocycles. The number of nitrogens with zero attached hydrogens (tertiary/aromatic N) is 2. The van der Waals surface area contributed by atoms with Crippen molar-refractivity contribution in [3.05, 3.63) is 0 Å². The quantitative estimate of drug-likeness (QED) is 0.396. The topological polar surface area (TPSA) is 39.7 Å². The zero-order valence-corrected chi connectivity index (χ0v) is 15.9. The lowest BCUT2D eigenvalue weighted by Gasteiger charge is -2.29. The molecule has 0 amide bonds. The van der Waals surface area contributed by atoms with E-state index in [1.54, 1.807) is 7.05 Å². The van der Waals surface area contributed by atoms with Gasteiger partial charge in [0.05, 0.1) is 6.54 Å². The monoisotopic (exact) mass is 436 g/mol. The van der Waals surface area contributed by atoms with Crippen molar-refractivity contribution in [2.45, 2.75) is 44.8 Å². The summed E-state index contributed by atoms with van der Waals surface area (Å²) < 4.78 is 36.6. The Hall–Kier alpha value is -0.250. The second kappa shape index (κ2) is 10.5. The lowest BCUT2D eigenvalue weighted by molar-refractivity contribution is -0.142. The van der Waals surface area contributed by atoms with E-state index in [-0.39, 0.29) is 24.0 Å².